The van der Waals surface area contributed by atoms with Crippen LogP contribution in [0.3, 0.4) is 0 Å². The summed E-state index contributed by atoms with van der Waals surface area (Å²) in [5.41, 5.74) is 8.91. The van der Waals surface area contributed by atoms with Gasteiger partial charge in [-0.15, -0.1) is 0 Å². The maximum Gasteiger partial charge on any atom is 0.167 e. The first-order chi connectivity index (χ1) is 23.3. The molecule has 0 spiro atoms. The Hall–Kier alpha value is -6.39. The number of benzene rings is 7. The van der Waals surface area contributed by atoms with Crippen molar-refractivity contribution in [1.29, 1.82) is 0 Å². The Labute approximate surface area is 271 Å². The number of para-hydroxylation sites is 2. The normalized spacial score (nSPS) is 11.4. The Morgan fingerprint density at radius 1 is 0.319 bits per heavy atom. The van der Waals surface area contributed by atoms with E-state index in [9.17, 15) is 0 Å². The molecule has 9 rings (SSSR count). The molecule has 0 amide bonds. The SMILES string of the molecule is c1ccc(-c2ccc(-c3nc(-c4ccc(-c5cccc6ccccc56)cc4)nc(-c4cccc5c4oc4ccccc45)n3)cc2)cc1. The molecule has 4 heteroatoms. The summed E-state index contributed by atoms with van der Waals surface area (Å²) >= 11 is 0. The van der Waals surface area contributed by atoms with Crippen LogP contribution in [0.4, 0.5) is 0 Å². The van der Waals surface area contributed by atoms with Crippen LogP contribution < -0.4 is 0 Å². The van der Waals surface area contributed by atoms with Gasteiger partial charge in [0.1, 0.15) is 11.2 Å². The van der Waals surface area contributed by atoms with E-state index in [2.05, 4.69) is 127 Å². The fourth-order valence-electron chi connectivity index (χ4n) is 6.40. The zero-order valence-electron chi connectivity index (χ0n) is 25.3. The Bertz CT molecular complexity index is 2550. The van der Waals surface area contributed by atoms with Crippen LogP contribution in [0, 0.1) is 0 Å². The summed E-state index contributed by atoms with van der Waals surface area (Å²) in [5, 5.41) is 4.55. The van der Waals surface area contributed by atoms with Crippen LogP contribution >= 0.6 is 0 Å². The largest absolute Gasteiger partial charge is 0.455 e. The molecule has 0 saturated carbocycles. The standard InChI is InChI=1S/C43H27N3O/c1-2-10-28(11-3-1)29-20-24-32(25-21-29)41-44-42(33-26-22-31(23-27-33)35-16-8-13-30-12-4-5-14-34(30)35)46-43(45-41)38-18-9-17-37-36-15-6-7-19-39(36)47-40(37)38/h1-27H. The van der Waals surface area contributed by atoms with Crippen molar-refractivity contribution < 1.29 is 4.42 Å². The first-order valence-corrected chi connectivity index (χ1v) is 15.7. The second-order valence-electron chi connectivity index (χ2n) is 11.6. The molecule has 2 aromatic heterocycles. The van der Waals surface area contributed by atoms with Crippen molar-refractivity contribution in [2.24, 2.45) is 0 Å². The quantitative estimate of drug-likeness (QED) is 0.197. The molecule has 0 fully saturated rings. The van der Waals surface area contributed by atoms with Gasteiger partial charge in [-0.2, -0.15) is 0 Å². The molecular weight excluding hydrogens is 574 g/mol. The molecule has 0 aliphatic carbocycles. The summed E-state index contributed by atoms with van der Waals surface area (Å²) in [6.07, 6.45) is 0. The lowest BCUT2D eigenvalue weighted by atomic mass is 9.97. The highest BCUT2D eigenvalue weighted by Gasteiger charge is 2.18. The lowest BCUT2D eigenvalue weighted by Crippen LogP contribution is -2.00. The predicted molar refractivity (Wildman–Crippen MR) is 192 cm³/mol. The zero-order valence-corrected chi connectivity index (χ0v) is 25.3. The molecule has 2 heterocycles. The van der Waals surface area contributed by atoms with Crippen molar-refractivity contribution in [3.05, 3.63) is 164 Å². The van der Waals surface area contributed by atoms with Crippen molar-refractivity contribution >= 4 is 32.7 Å². The van der Waals surface area contributed by atoms with E-state index in [0.29, 0.717) is 17.5 Å². The highest BCUT2D eigenvalue weighted by Crippen LogP contribution is 2.36. The van der Waals surface area contributed by atoms with Gasteiger partial charge in [0.25, 0.3) is 0 Å². The molecule has 0 unspecified atom stereocenters. The number of rotatable bonds is 5. The lowest BCUT2D eigenvalue weighted by molar-refractivity contribution is 0.669. The summed E-state index contributed by atoms with van der Waals surface area (Å²) in [6.45, 7) is 0. The number of furan rings is 1. The van der Waals surface area contributed by atoms with Crippen LogP contribution in [-0.2, 0) is 0 Å². The number of nitrogens with zero attached hydrogens (tertiary/aromatic N) is 3. The summed E-state index contributed by atoms with van der Waals surface area (Å²) < 4.78 is 6.39. The number of fused-ring (bicyclic) bond motifs is 4. The second kappa shape index (κ2) is 11.2. The van der Waals surface area contributed by atoms with Gasteiger partial charge in [-0.3, -0.25) is 0 Å². The Morgan fingerprint density at radius 2 is 0.830 bits per heavy atom. The Kier molecular flexibility index (Phi) is 6.43. The molecule has 47 heavy (non-hydrogen) atoms. The molecule has 4 nitrogen and oxygen atoms in total. The van der Waals surface area contributed by atoms with Crippen LogP contribution in [0.2, 0.25) is 0 Å². The number of hydrogen-bond donors (Lipinski definition) is 0. The van der Waals surface area contributed by atoms with Crippen molar-refractivity contribution in [3.63, 3.8) is 0 Å². The van der Waals surface area contributed by atoms with Gasteiger partial charge in [0, 0.05) is 21.9 Å². The average molecular weight is 602 g/mol. The fraction of sp³-hybridized carbons (Fsp3) is 0. The highest BCUT2D eigenvalue weighted by atomic mass is 16.3. The van der Waals surface area contributed by atoms with Gasteiger partial charge in [0.2, 0.25) is 0 Å². The van der Waals surface area contributed by atoms with E-state index in [1.165, 1.54) is 21.9 Å². The third-order valence-electron chi connectivity index (χ3n) is 8.77. The molecule has 0 radical (unpaired) electrons. The highest BCUT2D eigenvalue weighted by molar-refractivity contribution is 6.09. The number of aromatic nitrogens is 3. The summed E-state index contributed by atoms with van der Waals surface area (Å²) in [6, 6.07) is 56.4. The molecule has 0 N–H and O–H groups in total. The van der Waals surface area contributed by atoms with E-state index in [0.717, 1.165) is 49.8 Å². The van der Waals surface area contributed by atoms with Gasteiger partial charge < -0.3 is 4.42 Å². The molecule has 9 aromatic rings. The van der Waals surface area contributed by atoms with E-state index in [1.54, 1.807) is 0 Å². The van der Waals surface area contributed by atoms with Crippen molar-refractivity contribution in [2.75, 3.05) is 0 Å². The average Bonchev–Trinajstić information content (AvgIpc) is 3.54. The van der Waals surface area contributed by atoms with E-state index < -0.39 is 0 Å². The van der Waals surface area contributed by atoms with Crippen molar-refractivity contribution in [3.8, 4) is 56.4 Å². The topological polar surface area (TPSA) is 51.8 Å². The van der Waals surface area contributed by atoms with Crippen LogP contribution in [0.5, 0.6) is 0 Å². The molecule has 0 bridgehead atoms. The van der Waals surface area contributed by atoms with E-state index in [-0.39, 0.29) is 0 Å². The third-order valence-corrected chi connectivity index (χ3v) is 8.77. The maximum atomic E-state index is 6.39. The molecule has 0 saturated heterocycles. The predicted octanol–water partition coefficient (Wildman–Crippen LogP) is 11.3. The van der Waals surface area contributed by atoms with Gasteiger partial charge in [0.15, 0.2) is 17.5 Å². The van der Waals surface area contributed by atoms with Crippen LogP contribution in [-0.4, -0.2) is 15.0 Å². The van der Waals surface area contributed by atoms with Gasteiger partial charge in [-0.1, -0.05) is 152 Å². The van der Waals surface area contributed by atoms with E-state index in [1.807, 2.05) is 36.4 Å². The Morgan fingerprint density at radius 3 is 1.60 bits per heavy atom. The third kappa shape index (κ3) is 4.84. The first kappa shape index (κ1) is 27.0. The smallest absolute Gasteiger partial charge is 0.167 e. The summed E-state index contributed by atoms with van der Waals surface area (Å²) in [4.78, 5) is 15.1. The van der Waals surface area contributed by atoms with Crippen LogP contribution in [0.15, 0.2) is 168 Å². The molecule has 0 atom stereocenters. The van der Waals surface area contributed by atoms with E-state index in [4.69, 9.17) is 19.4 Å². The van der Waals surface area contributed by atoms with Crippen LogP contribution in [0.1, 0.15) is 0 Å². The fourth-order valence-corrected chi connectivity index (χ4v) is 6.40. The van der Waals surface area contributed by atoms with Crippen molar-refractivity contribution in [1.82, 2.24) is 15.0 Å². The summed E-state index contributed by atoms with van der Waals surface area (Å²) in [7, 11) is 0. The van der Waals surface area contributed by atoms with Gasteiger partial charge in [-0.05, 0) is 45.2 Å². The minimum Gasteiger partial charge on any atom is -0.455 e. The Balaban J connectivity index is 1.19. The molecule has 220 valence electrons. The minimum atomic E-state index is 0.569. The molecular formula is C43H27N3O. The summed E-state index contributed by atoms with van der Waals surface area (Å²) in [5.74, 6) is 1.78. The van der Waals surface area contributed by atoms with Crippen molar-refractivity contribution in [2.45, 2.75) is 0 Å². The van der Waals surface area contributed by atoms with Gasteiger partial charge in [0.05, 0.1) is 5.56 Å². The molecule has 7 aromatic carbocycles. The minimum absolute atomic E-state index is 0.569. The maximum absolute atomic E-state index is 6.39. The first-order valence-electron chi connectivity index (χ1n) is 15.7. The number of hydrogen-bond acceptors (Lipinski definition) is 4. The van der Waals surface area contributed by atoms with Gasteiger partial charge in [-0.25, -0.2) is 15.0 Å². The monoisotopic (exact) mass is 601 g/mol. The zero-order chi connectivity index (χ0) is 31.2. The van der Waals surface area contributed by atoms with Crippen LogP contribution in [0.25, 0.3) is 89.1 Å². The van der Waals surface area contributed by atoms with Gasteiger partial charge >= 0.3 is 0 Å². The molecule has 0 aliphatic rings. The lowest BCUT2D eigenvalue weighted by Gasteiger charge is -2.11. The van der Waals surface area contributed by atoms with E-state index >= 15 is 0 Å². The molecule has 0 aliphatic heterocycles. The second-order valence-corrected chi connectivity index (χ2v) is 11.6.